The molecule has 6 aromatic rings. The topological polar surface area (TPSA) is 17.1 Å². The zero-order chi connectivity index (χ0) is 41.1. The fourth-order valence-electron chi connectivity index (χ4n) is 8.13. The van der Waals surface area contributed by atoms with Crippen LogP contribution in [0.3, 0.4) is 0 Å². The fourth-order valence-corrected chi connectivity index (χ4v) is 11.0. The number of rotatable bonds is 5. The molecule has 4 aromatic carbocycles. The van der Waals surface area contributed by atoms with Crippen LogP contribution in [0.5, 0.6) is 0 Å². The van der Waals surface area contributed by atoms with E-state index in [0.717, 1.165) is 33.8 Å². The van der Waals surface area contributed by atoms with Gasteiger partial charge in [-0.15, -0.1) is 22.7 Å². The van der Waals surface area contributed by atoms with Crippen LogP contribution in [0.1, 0.15) is 102 Å². The molecule has 0 N–H and O–H groups in total. The number of allylic oxidation sites excluding steroid dienone is 2. The fraction of sp³-hybridized carbons (Fsp3) is 0.271. The lowest BCUT2D eigenvalue weighted by Crippen LogP contribution is -2.49. The second kappa shape index (κ2) is 12.9. The molecule has 2 aromatic heterocycles. The third kappa shape index (κ3) is 5.74. The average molecular weight is 811 g/mol. The summed E-state index contributed by atoms with van der Waals surface area (Å²) >= 11 is 2.27. The lowest BCUT2D eigenvalue weighted by atomic mass is 9.69. The molecule has 57 heavy (non-hydrogen) atoms. The first kappa shape index (κ1) is 39.1. The first-order valence-electron chi connectivity index (χ1n) is 18.7. The van der Waals surface area contributed by atoms with Crippen molar-refractivity contribution >= 4 is 39.6 Å². The molecule has 0 amide bonds. The summed E-state index contributed by atoms with van der Waals surface area (Å²) in [5, 5.41) is 0. The minimum absolute atomic E-state index is 0.177. The van der Waals surface area contributed by atoms with E-state index in [1.165, 1.54) is 19.1 Å². The van der Waals surface area contributed by atoms with Crippen LogP contribution >= 0.6 is 22.7 Å². The van der Waals surface area contributed by atoms with Crippen LogP contribution in [-0.2, 0) is 16.2 Å². The van der Waals surface area contributed by atoms with Crippen molar-refractivity contribution in [2.45, 2.75) is 82.5 Å². The third-order valence-electron chi connectivity index (χ3n) is 11.4. The molecule has 2 aliphatic carbocycles. The van der Waals surface area contributed by atoms with E-state index in [4.69, 9.17) is 0 Å². The van der Waals surface area contributed by atoms with Crippen LogP contribution in [0.2, 0.25) is 0 Å². The number of Topliss-reactive ketones (excluding diaryl/α,β-unsaturated/α-hetero) is 1. The first-order chi connectivity index (χ1) is 26.6. The molecular formula is C48H40F6OS2. The van der Waals surface area contributed by atoms with Gasteiger partial charge in [-0.1, -0.05) is 145 Å². The maximum absolute atomic E-state index is 16.7. The maximum Gasteiger partial charge on any atom is 0.380 e. The van der Waals surface area contributed by atoms with Gasteiger partial charge in [-0.05, 0) is 63.3 Å². The Hall–Kier alpha value is -4.73. The highest BCUT2D eigenvalue weighted by Gasteiger charge is 2.81. The molecule has 0 saturated heterocycles. The molecule has 0 atom stereocenters. The summed E-state index contributed by atoms with van der Waals surface area (Å²) in [6.07, 6.45) is 0. The molecule has 1 nitrogen and oxygen atoms in total. The van der Waals surface area contributed by atoms with Crippen LogP contribution in [-0.4, -0.2) is 23.6 Å². The number of benzene rings is 4. The largest absolute Gasteiger partial charge is 0.380 e. The Balaban J connectivity index is 1.58. The standard InChI is InChI=1S/C48H40F6OS2/c1-27(55)28-13-15-30(16-14-28)38-26-36-40-39(46(49,50)48(53,54)47(40,51)52)35-25-37(29-11-9-8-10-12-29)56-41(35)45(42(36)57-38,33-21-17-31(18-22-33)43(2,3)4)34-23-19-32(20-24-34)44(5,6)7/h8-26H,1-7H3. The summed E-state index contributed by atoms with van der Waals surface area (Å²) in [5.41, 5.74) is -0.660. The zero-order valence-electron chi connectivity index (χ0n) is 32.5. The molecular weight excluding hydrogens is 771 g/mol. The van der Waals surface area contributed by atoms with Crippen LogP contribution in [0.25, 0.3) is 32.0 Å². The van der Waals surface area contributed by atoms with Gasteiger partial charge >= 0.3 is 17.8 Å². The molecule has 0 fully saturated rings. The van der Waals surface area contributed by atoms with Gasteiger partial charge in [0.25, 0.3) is 0 Å². The lowest BCUT2D eigenvalue weighted by Gasteiger charge is -2.37. The predicted octanol–water partition coefficient (Wildman–Crippen LogP) is 14.5. The van der Waals surface area contributed by atoms with Gasteiger partial charge in [-0.3, -0.25) is 4.79 Å². The summed E-state index contributed by atoms with van der Waals surface area (Å²) in [4.78, 5) is 13.5. The monoisotopic (exact) mass is 810 g/mol. The number of carbonyl (C=O) groups excluding carboxylic acids is 1. The van der Waals surface area contributed by atoms with Crippen LogP contribution < -0.4 is 0 Å². The van der Waals surface area contributed by atoms with Crippen molar-refractivity contribution in [3.63, 3.8) is 0 Å². The van der Waals surface area contributed by atoms with Gasteiger partial charge in [0, 0.05) is 47.3 Å². The van der Waals surface area contributed by atoms with Crippen molar-refractivity contribution in [1.29, 1.82) is 0 Å². The summed E-state index contributed by atoms with van der Waals surface area (Å²) in [6, 6.07) is 33.7. The van der Waals surface area contributed by atoms with Gasteiger partial charge in [0.05, 0.1) is 5.41 Å². The Morgan fingerprint density at radius 3 is 1.28 bits per heavy atom. The number of halogens is 6. The summed E-state index contributed by atoms with van der Waals surface area (Å²) in [5.74, 6) is -16.4. The van der Waals surface area contributed by atoms with E-state index in [2.05, 4.69) is 41.5 Å². The van der Waals surface area contributed by atoms with Gasteiger partial charge in [0.15, 0.2) is 5.78 Å². The number of alkyl halides is 6. The number of ketones is 1. The molecule has 2 heterocycles. The Kier molecular flexibility index (Phi) is 8.84. The Labute approximate surface area is 336 Å². The van der Waals surface area contributed by atoms with Gasteiger partial charge < -0.3 is 0 Å². The van der Waals surface area contributed by atoms with E-state index in [9.17, 15) is 4.79 Å². The van der Waals surface area contributed by atoms with Gasteiger partial charge in [-0.2, -0.15) is 26.3 Å². The average Bonchev–Trinajstić information content (AvgIpc) is 3.80. The Morgan fingerprint density at radius 2 is 0.912 bits per heavy atom. The highest BCUT2D eigenvalue weighted by molar-refractivity contribution is 7.18. The summed E-state index contributed by atoms with van der Waals surface area (Å²) < 4.78 is 98.5. The van der Waals surface area contributed by atoms with Crippen LogP contribution in [0.4, 0.5) is 26.3 Å². The highest BCUT2D eigenvalue weighted by atomic mass is 32.1. The number of carbonyl (C=O) groups is 1. The van der Waals surface area contributed by atoms with E-state index in [1.807, 2.05) is 48.5 Å². The maximum atomic E-state index is 16.7. The van der Waals surface area contributed by atoms with Crippen molar-refractivity contribution in [2.24, 2.45) is 0 Å². The third-order valence-corrected chi connectivity index (χ3v) is 14.0. The zero-order valence-corrected chi connectivity index (χ0v) is 34.1. The molecule has 0 bridgehead atoms. The summed E-state index contributed by atoms with van der Waals surface area (Å²) in [7, 11) is 0. The van der Waals surface area contributed by atoms with Crippen molar-refractivity contribution in [3.8, 4) is 20.9 Å². The number of fused-ring (bicyclic) bond motifs is 4. The van der Waals surface area contributed by atoms with Crippen molar-refractivity contribution < 1.29 is 31.1 Å². The molecule has 2 aliphatic rings. The van der Waals surface area contributed by atoms with Crippen molar-refractivity contribution in [2.75, 3.05) is 0 Å². The SMILES string of the molecule is CC(=O)c1ccc(-c2cc3c(s2)C(c2ccc(C(C)(C)C)cc2)(c2ccc(C(C)(C)C)cc2)c2sc(-c4ccccc4)cc2C2=C3C(F)(F)C(F)(F)C2(F)F)cc1. The Morgan fingerprint density at radius 1 is 0.526 bits per heavy atom. The van der Waals surface area contributed by atoms with E-state index in [-0.39, 0.29) is 37.5 Å². The minimum atomic E-state index is -5.72. The first-order valence-corrected chi connectivity index (χ1v) is 20.3. The minimum Gasteiger partial charge on any atom is -0.295 e. The number of hydrogen-bond acceptors (Lipinski definition) is 3. The van der Waals surface area contributed by atoms with Crippen LogP contribution in [0.15, 0.2) is 115 Å². The second-order valence-corrected chi connectivity index (χ2v) is 19.2. The van der Waals surface area contributed by atoms with E-state index < -0.39 is 34.3 Å². The van der Waals surface area contributed by atoms with E-state index in [1.54, 1.807) is 54.6 Å². The highest BCUT2D eigenvalue weighted by Crippen LogP contribution is 2.70. The van der Waals surface area contributed by atoms with Gasteiger partial charge in [0.2, 0.25) is 0 Å². The second-order valence-electron chi connectivity index (χ2n) is 17.1. The van der Waals surface area contributed by atoms with Crippen LogP contribution in [0, 0.1) is 0 Å². The molecule has 0 radical (unpaired) electrons. The normalized spacial score (nSPS) is 17.8. The Bertz CT molecular complexity index is 2500. The van der Waals surface area contributed by atoms with E-state index in [0.29, 0.717) is 37.6 Å². The molecule has 9 heteroatoms. The van der Waals surface area contributed by atoms with Crippen molar-refractivity contribution in [3.05, 3.63) is 164 Å². The quantitative estimate of drug-likeness (QED) is 0.125. The van der Waals surface area contributed by atoms with Crippen molar-refractivity contribution in [1.82, 2.24) is 0 Å². The number of thiophene rings is 2. The van der Waals surface area contributed by atoms with E-state index >= 15 is 26.3 Å². The number of hydrogen-bond donors (Lipinski definition) is 0. The molecule has 0 saturated carbocycles. The predicted molar refractivity (Wildman–Crippen MR) is 220 cm³/mol. The van der Waals surface area contributed by atoms with Gasteiger partial charge in [0.1, 0.15) is 0 Å². The van der Waals surface area contributed by atoms with Gasteiger partial charge in [-0.25, -0.2) is 0 Å². The molecule has 8 rings (SSSR count). The molecule has 0 spiro atoms. The molecule has 0 aliphatic heterocycles. The lowest BCUT2D eigenvalue weighted by molar-refractivity contribution is -0.254. The molecule has 292 valence electrons. The smallest absolute Gasteiger partial charge is 0.295 e. The molecule has 0 unspecified atom stereocenters. The summed E-state index contributed by atoms with van der Waals surface area (Å²) in [6.45, 7) is 13.8.